The molecule has 1 aliphatic heterocycles. The molecule has 1 saturated carbocycles. The zero-order valence-electron chi connectivity index (χ0n) is 16.5. The third-order valence-electron chi connectivity index (χ3n) is 6.05. The van der Waals surface area contributed by atoms with Crippen molar-refractivity contribution in [1.29, 1.82) is 0 Å². The van der Waals surface area contributed by atoms with E-state index in [9.17, 15) is 26.7 Å². The number of aliphatic imine (C=N–C) groups is 1. The molecular formula is C21H20ClF3N2O3S. The molecule has 10 heteroatoms. The van der Waals surface area contributed by atoms with Crippen LogP contribution in [0.4, 0.5) is 13.2 Å². The maximum Gasteiger partial charge on any atom is 0.417 e. The standard InChI is InChI=1S/C21H20ClF3N2O3S/c1-11-15(4-2-13-9-27-19(26)18(11)13)16-5-3-14(6-17(16)22)31(29,30)10-12-7-20(28,8-12)21(23,24)25/h2-6,12,28H,7-10H2,1H3,(H2,26,27). The number of hydrogen-bond acceptors (Lipinski definition) is 5. The molecule has 2 aliphatic rings. The van der Waals surface area contributed by atoms with Crippen LogP contribution in [-0.2, 0) is 16.4 Å². The lowest BCUT2D eigenvalue weighted by atomic mass is 9.71. The molecule has 1 heterocycles. The number of halogens is 4. The molecule has 166 valence electrons. The molecule has 0 bridgehead atoms. The zero-order valence-corrected chi connectivity index (χ0v) is 18.1. The Kier molecular flexibility index (Phi) is 5.14. The molecule has 0 amide bonds. The minimum atomic E-state index is -4.76. The molecule has 0 aromatic heterocycles. The summed E-state index contributed by atoms with van der Waals surface area (Å²) in [4.78, 5) is 4.16. The van der Waals surface area contributed by atoms with Crippen LogP contribution >= 0.6 is 11.6 Å². The molecule has 4 rings (SSSR count). The Bertz CT molecular complexity index is 1200. The van der Waals surface area contributed by atoms with E-state index < -0.39 is 46.1 Å². The van der Waals surface area contributed by atoms with E-state index in [1.165, 1.54) is 12.1 Å². The number of nitrogens with two attached hydrogens (primary N) is 1. The third-order valence-corrected chi connectivity index (χ3v) is 8.25. The van der Waals surface area contributed by atoms with Gasteiger partial charge in [0.05, 0.1) is 17.2 Å². The highest BCUT2D eigenvalue weighted by Crippen LogP contribution is 2.49. The van der Waals surface area contributed by atoms with Crippen molar-refractivity contribution in [2.24, 2.45) is 16.6 Å². The number of fused-ring (bicyclic) bond motifs is 1. The fourth-order valence-corrected chi connectivity index (χ4v) is 6.32. The van der Waals surface area contributed by atoms with Crippen LogP contribution in [0.1, 0.15) is 29.5 Å². The van der Waals surface area contributed by atoms with Crippen LogP contribution in [0.2, 0.25) is 5.02 Å². The second-order valence-corrected chi connectivity index (χ2v) is 10.6. The minimum Gasteiger partial charge on any atom is -0.383 e. The number of alkyl halides is 3. The molecule has 2 aromatic carbocycles. The van der Waals surface area contributed by atoms with Crippen LogP contribution in [0, 0.1) is 12.8 Å². The number of benzene rings is 2. The topological polar surface area (TPSA) is 92.8 Å². The smallest absolute Gasteiger partial charge is 0.383 e. The van der Waals surface area contributed by atoms with Crippen LogP contribution < -0.4 is 5.73 Å². The molecule has 2 aromatic rings. The van der Waals surface area contributed by atoms with E-state index in [1.54, 1.807) is 6.07 Å². The van der Waals surface area contributed by atoms with Crippen molar-refractivity contribution < 1.29 is 26.7 Å². The van der Waals surface area contributed by atoms with Gasteiger partial charge in [-0.2, -0.15) is 13.2 Å². The van der Waals surface area contributed by atoms with Gasteiger partial charge < -0.3 is 10.8 Å². The fourth-order valence-electron chi connectivity index (χ4n) is 4.36. The Hall–Kier alpha value is -2.10. The van der Waals surface area contributed by atoms with Gasteiger partial charge in [0.15, 0.2) is 15.4 Å². The number of amidine groups is 1. The summed E-state index contributed by atoms with van der Waals surface area (Å²) in [5.41, 5.74) is 7.33. The van der Waals surface area contributed by atoms with E-state index in [1.807, 2.05) is 19.1 Å². The number of nitrogens with zero attached hydrogens (tertiary/aromatic N) is 1. The molecule has 31 heavy (non-hydrogen) atoms. The second kappa shape index (κ2) is 7.21. The summed E-state index contributed by atoms with van der Waals surface area (Å²) in [5.74, 6) is -0.799. The molecule has 0 radical (unpaired) electrons. The van der Waals surface area contributed by atoms with Gasteiger partial charge in [-0.05, 0) is 54.5 Å². The quantitative estimate of drug-likeness (QED) is 0.703. The Morgan fingerprint density at radius 2 is 1.87 bits per heavy atom. The van der Waals surface area contributed by atoms with Crippen molar-refractivity contribution in [3.63, 3.8) is 0 Å². The summed E-state index contributed by atoms with van der Waals surface area (Å²) in [7, 11) is -3.87. The SMILES string of the molecule is Cc1c(-c2ccc(S(=O)(=O)CC3CC(O)(C(F)(F)F)C3)cc2Cl)ccc2c1C(N)=NC2. The van der Waals surface area contributed by atoms with E-state index in [-0.39, 0.29) is 9.92 Å². The van der Waals surface area contributed by atoms with E-state index in [0.717, 1.165) is 22.3 Å². The Morgan fingerprint density at radius 1 is 1.23 bits per heavy atom. The van der Waals surface area contributed by atoms with E-state index in [2.05, 4.69) is 4.99 Å². The van der Waals surface area contributed by atoms with Crippen molar-refractivity contribution in [3.05, 3.63) is 52.0 Å². The van der Waals surface area contributed by atoms with Gasteiger partial charge in [-0.1, -0.05) is 29.8 Å². The molecule has 0 spiro atoms. The maximum atomic E-state index is 12.8. The van der Waals surface area contributed by atoms with Crippen molar-refractivity contribution in [2.45, 2.75) is 43.0 Å². The van der Waals surface area contributed by atoms with E-state index in [4.69, 9.17) is 17.3 Å². The lowest BCUT2D eigenvalue weighted by Crippen LogP contribution is -2.56. The molecule has 3 N–H and O–H groups in total. The Morgan fingerprint density at radius 3 is 2.48 bits per heavy atom. The van der Waals surface area contributed by atoms with Crippen LogP contribution in [0.15, 0.2) is 40.2 Å². The molecule has 0 saturated heterocycles. The van der Waals surface area contributed by atoms with Crippen LogP contribution in [0.3, 0.4) is 0 Å². The van der Waals surface area contributed by atoms with Crippen molar-refractivity contribution in [3.8, 4) is 11.1 Å². The van der Waals surface area contributed by atoms with E-state index in [0.29, 0.717) is 17.9 Å². The van der Waals surface area contributed by atoms with E-state index >= 15 is 0 Å². The van der Waals surface area contributed by atoms with Crippen LogP contribution in [-0.4, -0.2) is 36.9 Å². The Balaban J connectivity index is 1.58. The number of rotatable bonds is 4. The van der Waals surface area contributed by atoms with Crippen LogP contribution in [0.25, 0.3) is 11.1 Å². The monoisotopic (exact) mass is 472 g/mol. The fraction of sp³-hybridized carbons (Fsp3) is 0.381. The second-order valence-electron chi connectivity index (χ2n) is 8.20. The number of sulfone groups is 1. The highest BCUT2D eigenvalue weighted by molar-refractivity contribution is 7.91. The molecular weight excluding hydrogens is 453 g/mol. The van der Waals surface area contributed by atoms with Gasteiger partial charge in [-0.25, -0.2) is 8.42 Å². The summed E-state index contributed by atoms with van der Waals surface area (Å²) >= 11 is 6.40. The van der Waals surface area contributed by atoms with Crippen LogP contribution in [0.5, 0.6) is 0 Å². The molecule has 0 atom stereocenters. The molecule has 0 unspecified atom stereocenters. The average Bonchev–Trinajstić information content (AvgIpc) is 3.02. The summed E-state index contributed by atoms with van der Waals surface area (Å²) in [5, 5.41) is 9.75. The molecule has 1 aliphatic carbocycles. The lowest BCUT2D eigenvalue weighted by molar-refractivity contribution is -0.296. The van der Waals surface area contributed by atoms with Crippen molar-refractivity contribution >= 4 is 27.3 Å². The maximum absolute atomic E-state index is 12.8. The minimum absolute atomic E-state index is 0.0661. The molecule has 1 fully saturated rings. The van der Waals surface area contributed by atoms with Crippen molar-refractivity contribution in [1.82, 2.24) is 0 Å². The first-order valence-electron chi connectivity index (χ1n) is 9.57. The highest BCUT2D eigenvalue weighted by Gasteiger charge is 2.61. The summed E-state index contributed by atoms with van der Waals surface area (Å²) < 4.78 is 63.8. The normalized spacial score (nSPS) is 23.3. The van der Waals surface area contributed by atoms with Gasteiger partial charge in [0, 0.05) is 16.1 Å². The summed E-state index contributed by atoms with van der Waals surface area (Å²) in [6.07, 6.45) is -6.02. The largest absolute Gasteiger partial charge is 0.417 e. The first-order chi connectivity index (χ1) is 14.3. The highest BCUT2D eigenvalue weighted by atomic mass is 35.5. The summed E-state index contributed by atoms with van der Waals surface area (Å²) in [6, 6.07) is 8.07. The average molecular weight is 473 g/mol. The van der Waals surface area contributed by atoms with Gasteiger partial charge >= 0.3 is 6.18 Å². The zero-order chi connectivity index (χ0) is 22.8. The Labute approximate surface area is 182 Å². The number of hydrogen-bond donors (Lipinski definition) is 2. The van der Waals surface area contributed by atoms with Gasteiger partial charge in [-0.15, -0.1) is 0 Å². The first kappa shape index (κ1) is 22.1. The van der Waals surface area contributed by atoms with Gasteiger partial charge in [0.1, 0.15) is 5.84 Å². The third kappa shape index (κ3) is 3.72. The predicted molar refractivity (Wildman–Crippen MR) is 112 cm³/mol. The van der Waals surface area contributed by atoms with Gasteiger partial charge in [-0.3, -0.25) is 4.99 Å². The lowest BCUT2D eigenvalue weighted by Gasteiger charge is -2.44. The van der Waals surface area contributed by atoms with Gasteiger partial charge in [0.2, 0.25) is 0 Å². The molecule has 5 nitrogen and oxygen atoms in total. The predicted octanol–water partition coefficient (Wildman–Crippen LogP) is 4.01. The van der Waals surface area contributed by atoms with Crippen molar-refractivity contribution in [2.75, 3.05) is 5.75 Å². The summed E-state index contributed by atoms with van der Waals surface area (Å²) in [6.45, 7) is 2.40. The number of aliphatic hydroxyl groups is 1. The van der Waals surface area contributed by atoms with Gasteiger partial charge in [0.25, 0.3) is 0 Å². The first-order valence-corrected chi connectivity index (χ1v) is 11.6.